The van der Waals surface area contributed by atoms with Crippen molar-refractivity contribution >= 4 is 17.5 Å². The summed E-state index contributed by atoms with van der Waals surface area (Å²) in [5, 5.41) is 2.91. The van der Waals surface area contributed by atoms with Crippen LogP contribution in [0.15, 0.2) is 24.3 Å². The van der Waals surface area contributed by atoms with Crippen LogP contribution in [0, 0.1) is 18.3 Å². The number of nitrogens with two attached hydrogens (primary N) is 1. The second kappa shape index (κ2) is 8.20. The first-order chi connectivity index (χ1) is 11.1. The highest BCUT2D eigenvalue weighted by Gasteiger charge is 2.24. The minimum absolute atomic E-state index is 0.00909. The lowest BCUT2D eigenvalue weighted by molar-refractivity contribution is -0.121. The molecule has 1 aliphatic heterocycles. The summed E-state index contributed by atoms with van der Waals surface area (Å²) in [6, 6.07) is 6.85. The van der Waals surface area contributed by atoms with Crippen molar-refractivity contribution in [3.63, 3.8) is 0 Å². The van der Waals surface area contributed by atoms with Crippen LogP contribution in [0.1, 0.15) is 12.8 Å². The van der Waals surface area contributed by atoms with Crippen molar-refractivity contribution < 1.29 is 14.3 Å². The molecule has 1 heterocycles. The highest BCUT2D eigenvalue weighted by Crippen LogP contribution is 2.20. The predicted octanol–water partition coefficient (Wildman–Crippen LogP) is 0.834. The van der Waals surface area contributed by atoms with Crippen molar-refractivity contribution in [1.29, 1.82) is 0 Å². The molecule has 1 aromatic carbocycles. The number of terminal acetylenes is 1. The minimum atomic E-state index is -0.529. The summed E-state index contributed by atoms with van der Waals surface area (Å²) in [5.74, 6) is 2.66. The summed E-state index contributed by atoms with van der Waals surface area (Å²) < 4.78 is 5.17. The molecule has 0 bridgehead atoms. The summed E-state index contributed by atoms with van der Waals surface area (Å²) >= 11 is 0. The van der Waals surface area contributed by atoms with E-state index in [1.54, 1.807) is 24.3 Å². The number of anilines is 1. The number of hydrogen-bond acceptors (Lipinski definition) is 4. The zero-order valence-corrected chi connectivity index (χ0v) is 13.0. The minimum Gasteiger partial charge on any atom is -0.484 e. The number of benzene rings is 1. The van der Waals surface area contributed by atoms with Crippen molar-refractivity contribution in [3.8, 4) is 18.1 Å². The van der Waals surface area contributed by atoms with Crippen LogP contribution in [0.5, 0.6) is 5.75 Å². The Bertz CT molecular complexity index is 584. The maximum atomic E-state index is 12.3. The largest absolute Gasteiger partial charge is 0.484 e. The van der Waals surface area contributed by atoms with Gasteiger partial charge in [0, 0.05) is 11.6 Å². The Morgan fingerprint density at radius 2 is 1.96 bits per heavy atom. The zero-order valence-electron chi connectivity index (χ0n) is 13.0. The summed E-state index contributed by atoms with van der Waals surface area (Å²) in [4.78, 5) is 25.1. The van der Waals surface area contributed by atoms with Crippen molar-refractivity contribution in [2.75, 3.05) is 31.6 Å². The molecule has 1 aliphatic rings. The maximum Gasteiger partial charge on any atom is 0.255 e. The standard InChI is InChI=1S/C17H21N3O3/c1-2-9-20-10-7-13(8-11-20)17(22)19-14-3-5-15(6-4-14)23-12-16(18)21/h1,3-6,13H,7-12H2,(H2,18,21)(H,19,22). The molecule has 0 aliphatic carbocycles. The van der Waals surface area contributed by atoms with E-state index in [0.29, 0.717) is 18.0 Å². The number of hydrogen-bond donors (Lipinski definition) is 2. The topological polar surface area (TPSA) is 84.7 Å². The van der Waals surface area contributed by atoms with E-state index in [4.69, 9.17) is 16.9 Å². The molecule has 3 N–H and O–H groups in total. The van der Waals surface area contributed by atoms with Gasteiger partial charge in [0.1, 0.15) is 5.75 Å². The number of carbonyl (C=O) groups is 2. The van der Waals surface area contributed by atoms with Gasteiger partial charge in [0.2, 0.25) is 5.91 Å². The lowest BCUT2D eigenvalue weighted by Gasteiger charge is -2.29. The Kier molecular flexibility index (Phi) is 6.01. The molecule has 122 valence electrons. The van der Waals surface area contributed by atoms with Crippen LogP contribution in [0.25, 0.3) is 0 Å². The fraction of sp³-hybridized carbons (Fsp3) is 0.412. The van der Waals surface area contributed by atoms with Crippen LogP contribution in [-0.4, -0.2) is 43.0 Å². The molecule has 0 radical (unpaired) electrons. The van der Waals surface area contributed by atoms with Crippen molar-refractivity contribution in [1.82, 2.24) is 4.90 Å². The van der Waals surface area contributed by atoms with Gasteiger partial charge in [-0.2, -0.15) is 0 Å². The Morgan fingerprint density at radius 3 is 2.52 bits per heavy atom. The predicted molar refractivity (Wildman–Crippen MR) is 87.8 cm³/mol. The van der Waals surface area contributed by atoms with E-state index in [-0.39, 0.29) is 18.4 Å². The van der Waals surface area contributed by atoms with Gasteiger partial charge in [-0.05, 0) is 50.2 Å². The van der Waals surface area contributed by atoms with Crippen LogP contribution in [-0.2, 0) is 9.59 Å². The van der Waals surface area contributed by atoms with Crippen molar-refractivity contribution in [2.45, 2.75) is 12.8 Å². The smallest absolute Gasteiger partial charge is 0.255 e. The Balaban J connectivity index is 1.81. The molecule has 0 unspecified atom stereocenters. The molecule has 6 heteroatoms. The van der Waals surface area contributed by atoms with E-state index in [2.05, 4.69) is 16.1 Å². The van der Waals surface area contributed by atoms with E-state index in [1.165, 1.54) is 0 Å². The fourth-order valence-electron chi connectivity index (χ4n) is 2.52. The summed E-state index contributed by atoms with van der Waals surface area (Å²) in [6.07, 6.45) is 6.93. The number of carbonyl (C=O) groups excluding carboxylic acids is 2. The van der Waals surface area contributed by atoms with Gasteiger partial charge in [-0.25, -0.2) is 0 Å². The van der Waals surface area contributed by atoms with Crippen LogP contribution in [0.4, 0.5) is 5.69 Å². The number of amides is 2. The summed E-state index contributed by atoms with van der Waals surface area (Å²) in [7, 11) is 0. The average molecular weight is 315 g/mol. The van der Waals surface area contributed by atoms with Gasteiger partial charge >= 0.3 is 0 Å². The highest BCUT2D eigenvalue weighted by molar-refractivity contribution is 5.92. The molecule has 6 nitrogen and oxygen atoms in total. The van der Waals surface area contributed by atoms with E-state index in [1.807, 2.05) is 0 Å². The highest BCUT2D eigenvalue weighted by atomic mass is 16.5. The van der Waals surface area contributed by atoms with Gasteiger partial charge in [0.05, 0.1) is 6.54 Å². The van der Waals surface area contributed by atoms with Gasteiger partial charge in [-0.1, -0.05) is 5.92 Å². The number of primary amides is 1. The molecular weight excluding hydrogens is 294 g/mol. The third kappa shape index (κ3) is 5.31. The van der Waals surface area contributed by atoms with Gasteiger partial charge < -0.3 is 15.8 Å². The fourth-order valence-corrected chi connectivity index (χ4v) is 2.52. The second-order valence-electron chi connectivity index (χ2n) is 5.52. The van der Waals surface area contributed by atoms with Gasteiger partial charge in [0.15, 0.2) is 6.61 Å². The SMILES string of the molecule is C#CCN1CCC(C(=O)Nc2ccc(OCC(N)=O)cc2)CC1. The molecule has 0 spiro atoms. The van der Waals surface area contributed by atoms with Gasteiger partial charge in [0.25, 0.3) is 5.91 Å². The molecule has 23 heavy (non-hydrogen) atoms. The first kappa shape index (κ1) is 16.8. The zero-order chi connectivity index (χ0) is 16.7. The summed E-state index contributed by atoms with van der Waals surface area (Å²) in [6.45, 7) is 2.17. The number of nitrogens with zero attached hydrogens (tertiary/aromatic N) is 1. The van der Waals surface area contributed by atoms with Crippen molar-refractivity contribution in [2.24, 2.45) is 11.7 Å². The second-order valence-corrected chi connectivity index (χ2v) is 5.52. The van der Waals surface area contributed by atoms with E-state index in [0.717, 1.165) is 25.9 Å². The molecule has 2 rings (SSSR count). The van der Waals surface area contributed by atoms with E-state index in [9.17, 15) is 9.59 Å². The number of rotatable bonds is 6. The number of ether oxygens (including phenoxy) is 1. The van der Waals surface area contributed by atoms with Crippen LogP contribution >= 0.6 is 0 Å². The molecule has 1 aromatic rings. The van der Waals surface area contributed by atoms with E-state index >= 15 is 0 Å². The number of likely N-dealkylation sites (tertiary alicyclic amines) is 1. The Morgan fingerprint density at radius 1 is 1.30 bits per heavy atom. The molecule has 1 saturated heterocycles. The van der Waals surface area contributed by atoms with Gasteiger partial charge in [-0.15, -0.1) is 6.42 Å². The first-order valence-electron chi connectivity index (χ1n) is 7.56. The van der Waals surface area contributed by atoms with Crippen molar-refractivity contribution in [3.05, 3.63) is 24.3 Å². The molecule has 1 fully saturated rings. The average Bonchev–Trinajstić information content (AvgIpc) is 2.55. The maximum absolute atomic E-state index is 12.3. The number of nitrogens with one attached hydrogen (secondary N) is 1. The monoisotopic (exact) mass is 315 g/mol. The van der Waals surface area contributed by atoms with Crippen LogP contribution in [0.3, 0.4) is 0 Å². The third-order valence-corrected chi connectivity index (χ3v) is 3.78. The van der Waals surface area contributed by atoms with Gasteiger partial charge in [-0.3, -0.25) is 14.5 Å². The van der Waals surface area contributed by atoms with Crippen LogP contribution < -0.4 is 15.8 Å². The molecule has 0 atom stereocenters. The van der Waals surface area contributed by atoms with E-state index < -0.39 is 5.91 Å². The summed E-state index contributed by atoms with van der Waals surface area (Å²) in [5.41, 5.74) is 5.71. The quantitative estimate of drug-likeness (QED) is 0.762. The molecule has 0 aromatic heterocycles. The molecule has 0 saturated carbocycles. The van der Waals surface area contributed by atoms with Crippen LogP contribution in [0.2, 0.25) is 0 Å². The third-order valence-electron chi connectivity index (χ3n) is 3.78. The molecular formula is C17H21N3O3. The molecule has 2 amide bonds. The lowest BCUT2D eigenvalue weighted by atomic mass is 9.96. The Labute approximate surface area is 136 Å². The lowest BCUT2D eigenvalue weighted by Crippen LogP contribution is -2.38. The normalized spacial score (nSPS) is 15.6. The Hall–Kier alpha value is -2.52. The number of piperidine rings is 1. The first-order valence-corrected chi connectivity index (χ1v) is 7.56.